The first-order valence-electron chi connectivity index (χ1n) is 5.00. The predicted octanol–water partition coefficient (Wildman–Crippen LogP) is 0.935. The summed E-state index contributed by atoms with van der Waals surface area (Å²) in [6.45, 7) is 2.47. The average Bonchev–Trinajstić information content (AvgIpc) is 2.63. The number of aryl methyl sites for hydroxylation is 2. The fourth-order valence-corrected chi connectivity index (χ4v) is 1.79. The quantitative estimate of drug-likeness (QED) is 0.672. The van der Waals surface area contributed by atoms with Gasteiger partial charge in [-0.25, -0.2) is 0 Å². The number of esters is 1. The summed E-state index contributed by atoms with van der Waals surface area (Å²) in [5.41, 5.74) is 2.43. The van der Waals surface area contributed by atoms with Crippen LogP contribution in [0.15, 0.2) is 6.20 Å². The van der Waals surface area contributed by atoms with E-state index in [2.05, 4.69) is 5.10 Å². The van der Waals surface area contributed by atoms with Crippen molar-refractivity contribution < 1.29 is 9.53 Å². The molecule has 0 amide bonds. The minimum absolute atomic E-state index is 0.214. The highest BCUT2D eigenvalue weighted by molar-refractivity contribution is 5.69. The molecule has 0 N–H and O–H groups in total. The molecular weight excluding hydrogens is 180 g/mol. The lowest BCUT2D eigenvalue weighted by atomic mass is 10.3. The Morgan fingerprint density at radius 1 is 1.64 bits per heavy atom. The Balaban J connectivity index is 2.00. The smallest absolute Gasteiger partial charge is 0.327 e. The highest BCUT2D eigenvalue weighted by atomic mass is 16.5. The lowest BCUT2D eigenvalue weighted by Gasteiger charge is -2.01. The van der Waals surface area contributed by atoms with Gasteiger partial charge in [-0.15, -0.1) is 0 Å². The van der Waals surface area contributed by atoms with Gasteiger partial charge in [0.2, 0.25) is 0 Å². The second-order valence-electron chi connectivity index (χ2n) is 3.46. The van der Waals surface area contributed by atoms with Crippen molar-refractivity contribution in [1.29, 1.82) is 0 Å². The lowest BCUT2D eigenvalue weighted by Crippen LogP contribution is -2.14. The van der Waals surface area contributed by atoms with Crippen LogP contribution in [-0.2, 0) is 28.9 Å². The van der Waals surface area contributed by atoms with Gasteiger partial charge in [-0.3, -0.25) is 9.48 Å². The van der Waals surface area contributed by atoms with Crippen LogP contribution in [-0.4, -0.2) is 22.4 Å². The standard InChI is InChI=1S/C10H14N2O2/c1-2-14-10(13)7-12-6-8-4-3-5-9(8)11-12/h6H,2-5,7H2,1H3. The van der Waals surface area contributed by atoms with Gasteiger partial charge >= 0.3 is 5.97 Å². The van der Waals surface area contributed by atoms with Crippen LogP contribution in [0, 0.1) is 0 Å². The molecule has 0 bridgehead atoms. The molecule has 2 rings (SSSR count). The largest absolute Gasteiger partial charge is 0.465 e. The third-order valence-corrected chi connectivity index (χ3v) is 2.38. The first-order chi connectivity index (χ1) is 6.79. The predicted molar refractivity (Wildman–Crippen MR) is 50.9 cm³/mol. The molecule has 0 spiro atoms. The van der Waals surface area contributed by atoms with Crippen molar-refractivity contribution in [1.82, 2.24) is 9.78 Å². The first-order valence-corrected chi connectivity index (χ1v) is 5.00. The van der Waals surface area contributed by atoms with Crippen LogP contribution < -0.4 is 0 Å². The summed E-state index contributed by atoms with van der Waals surface area (Å²) in [7, 11) is 0. The number of nitrogens with zero attached hydrogens (tertiary/aromatic N) is 2. The van der Waals surface area contributed by atoms with Crippen LogP contribution >= 0.6 is 0 Å². The molecule has 0 radical (unpaired) electrons. The Morgan fingerprint density at radius 3 is 3.21 bits per heavy atom. The third kappa shape index (κ3) is 1.78. The second kappa shape index (κ2) is 3.82. The summed E-state index contributed by atoms with van der Waals surface area (Å²) in [6, 6.07) is 0. The highest BCUT2D eigenvalue weighted by Crippen LogP contribution is 2.19. The van der Waals surface area contributed by atoms with Crippen molar-refractivity contribution >= 4 is 5.97 Å². The fraction of sp³-hybridized carbons (Fsp3) is 0.600. The molecule has 0 unspecified atom stereocenters. The maximum absolute atomic E-state index is 11.2. The zero-order valence-electron chi connectivity index (χ0n) is 8.32. The molecule has 14 heavy (non-hydrogen) atoms. The third-order valence-electron chi connectivity index (χ3n) is 2.38. The van der Waals surface area contributed by atoms with Gasteiger partial charge in [0.1, 0.15) is 6.54 Å². The minimum atomic E-state index is -0.214. The van der Waals surface area contributed by atoms with Gasteiger partial charge in [0.05, 0.1) is 12.3 Å². The van der Waals surface area contributed by atoms with Gasteiger partial charge in [-0.05, 0) is 31.7 Å². The molecular formula is C10H14N2O2. The minimum Gasteiger partial charge on any atom is -0.465 e. The Kier molecular flexibility index (Phi) is 2.52. The zero-order chi connectivity index (χ0) is 9.97. The van der Waals surface area contributed by atoms with E-state index < -0.39 is 0 Å². The van der Waals surface area contributed by atoms with Crippen molar-refractivity contribution in [2.24, 2.45) is 0 Å². The van der Waals surface area contributed by atoms with E-state index in [4.69, 9.17) is 4.74 Å². The van der Waals surface area contributed by atoms with Gasteiger partial charge in [-0.1, -0.05) is 0 Å². The number of aromatic nitrogens is 2. The summed E-state index contributed by atoms with van der Waals surface area (Å²) < 4.78 is 6.53. The normalized spacial score (nSPS) is 14.1. The maximum atomic E-state index is 11.2. The van der Waals surface area contributed by atoms with Crippen molar-refractivity contribution in [3.05, 3.63) is 17.5 Å². The summed E-state index contributed by atoms with van der Waals surface area (Å²) in [5.74, 6) is -0.214. The van der Waals surface area contributed by atoms with Crippen LogP contribution in [0.5, 0.6) is 0 Å². The molecule has 4 nitrogen and oxygen atoms in total. The average molecular weight is 194 g/mol. The Labute approximate surface area is 82.9 Å². The number of fused-ring (bicyclic) bond motifs is 1. The second-order valence-corrected chi connectivity index (χ2v) is 3.46. The molecule has 1 heterocycles. The number of hydrogen-bond donors (Lipinski definition) is 0. The molecule has 1 aliphatic rings. The van der Waals surface area contributed by atoms with Crippen LogP contribution in [0.2, 0.25) is 0 Å². The van der Waals surface area contributed by atoms with Crippen LogP contribution in [0.4, 0.5) is 0 Å². The number of hydrogen-bond acceptors (Lipinski definition) is 3. The molecule has 0 saturated heterocycles. The van der Waals surface area contributed by atoms with E-state index >= 15 is 0 Å². The lowest BCUT2D eigenvalue weighted by molar-refractivity contribution is -0.144. The van der Waals surface area contributed by atoms with E-state index in [1.165, 1.54) is 12.0 Å². The molecule has 0 saturated carbocycles. The van der Waals surface area contributed by atoms with Crippen LogP contribution in [0.3, 0.4) is 0 Å². The monoisotopic (exact) mass is 194 g/mol. The number of rotatable bonds is 3. The Hall–Kier alpha value is -1.32. The topological polar surface area (TPSA) is 44.1 Å². The van der Waals surface area contributed by atoms with E-state index in [0.717, 1.165) is 18.5 Å². The molecule has 76 valence electrons. The molecule has 1 aromatic heterocycles. The maximum Gasteiger partial charge on any atom is 0.327 e. The SMILES string of the molecule is CCOC(=O)Cn1cc2c(n1)CCC2. The molecule has 0 atom stereocenters. The van der Waals surface area contributed by atoms with Crippen molar-refractivity contribution in [2.45, 2.75) is 32.7 Å². The molecule has 0 fully saturated rings. The van der Waals surface area contributed by atoms with Gasteiger partial charge < -0.3 is 4.74 Å². The molecule has 0 aliphatic heterocycles. The van der Waals surface area contributed by atoms with Crippen LogP contribution in [0.25, 0.3) is 0 Å². The van der Waals surface area contributed by atoms with Gasteiger partial charge in [0, 0.05) is 6.20 Å². The molecule has 1 aromatic rings. The van der Waals surface area contributed by atoms with Crippen molar-refractivity contribution in [3.63, 3.8) is 0 Å². The first kappa shape index (κ1) is 9.24. The number of ether oxygens (including phenoxy) is 1. The van der Waals surface area contributed by atoms with Crippen molar-refractivity contribution in [2.75, 3.05) is 6.61 Å². The van der Waals surface area contributed by atoms with E-state index in [9.17, 15) is 4.79 Å². The number of carbonyl (C=O) groups is 1. The van der Waals surface area contributed by atoms with Gasteiger partial charge in [0.15, 0.2) is 0 Å². The molecule has 4 heteroatoms. The van der Waals surface area contributed by atoms with Crippen LogP contribution in [0.1, 0.15) is 24.6 Å². The number of carbonyl (C=O) groups excluding carboxylic acids is 1. The summed E-state index contributed by atoms with van der Waals surface area (Å²) in [4.78, 5) is 11.2. The summed E-state index contributed by atoms with van der Waals surface area (Å²) in [5, 5.41) is 4.33. The van der Waals surface area contributed by atoms with E-state index in [-0.39, 0.29) is 12.5 Å². The zero-order valence-corrected chi connectivity index (χ0v) is 8.32. The molecule has 0 aromatic carbocycles. The summed E-state index contributed by atoms with van der Waals surface area (Å²) in [6.07, 6.45) is 5.29. The Morgan fingerprint density at radius 2 is 2.50 bits per heavy atom. The van der Waals surface area contributed by atoms with Crippen molar-refractivity contribution in [3.8, 4) is 0 Å². The highest BCUT2D eigenvalue weighted by Gasteiger charge is 2.16. The summed E-state index contributed by atoms with van der Waals surface area (Å²) >= 11 is 0. The van der Waals surface area contributed by atoms with Gasteiger partial charge in [0.25, 0.3) is 0 Å². The Bertz CT molecular complexity index is 322. The van der Waals surface area contributed by atoms with E-state index in [1.807, 2.05) is 6.20 Å². The van der Waals surface area contributed by atoms with Gasteiger partial charge in [-0.2, -0.15) is 5.10 Å². The fourth-order valence-electron chi connectivity index (χ4n) is 1.79. The van der Waals surface area contributed by atoms with E-state index in [1.54, 1.807) is 11.6 Å². The molecule has 1 aliphatic carbocycles. The van der Waals surface area contributed by atoms with E-state index in [0.29, 0.717) is 6.61 Å².